The van der Waals surface area contributed by atoms with Gasteiger partial charge in [-0.15, -0.1) is 0 Å². The summed E-state index contributed by atoms with van der Waals surface area (Å²) < 4.78 is 17.0. The highest BCUT2D eigenvalue weighted by Gasteiger charge is 2.19. The van der Waals surface area contributed by atoms with Crippen molar-refractivity contribution in [3.63, 3.8) is 0 Å². The third-order valence-corrected chi connectivity index (χ3v) is 16.3. The summed E-state index contributed by atoms with van der Waals surface area (Å²) in [5, 5.41) is 0. The maximum atomic E-state index is 13.0. The first-order chi connectivity index (χ1) is 40.0. The lowest BCUT2D eigenvalue weighted by molar-refractivity contribution is -0.167. The van der Waals surface area contributed by atoms with Crippen molar-refractivity contribution in [2.24, 2.45) is 0 Å². The number of esters is 3. The normalized spacial score (nSPS) is 12.3. The predicted octanol–water partition coefficient (Wildman–Crippen LogP) is 24.9. The predicted molar refractivity (Wildman–Crippen MR) is 353 cm³/mol. The van der Waals surface area contributed by atoms with Crippen molar-refractivity contribution in [2.75, 3.05) is 13.2 Å². The highest BCUT2D eigenvalue weighted by molar-refractivity contribution is 5.71. The number of ether oxygens (including phenoxy) is 3. The van der Waals surface area contributed by atoms with E-state index in [2.05, 4.69) is 69.4 Å². The lowest BCUT2D eigenvalue weighted by Crippen LogP contribution is -2.30. The molecule has 0 aliphatic carbocycles. The van der Waals surface area contributed by atoms with Crippen LogP contribution in [-0.2, 0) is 28.6 Å². The van der Waals surface area contributed by atoms with Crippen molar-refractivity contribution < 1.29 is 28.6 Å². The molecule has 0 aliphatic heterocycles. The molecule has 0 amide bonds. The standard InChI is InChI=1S/C75H138O6/c1-4-7-10-13-16-19-22-25-28-30-32-33-34-35-36-37-38-39-40-41-43-44-47-50-53-56-59-62-65-68-74(77)80-71-72(70-79-73(76)67-64-61-58-55-52-49-46-27-24-21-18-15-12-9-6-3)81-75(78)69-66-63-60-57-54-51-48-45-42-31-29-26-23-20-17-14-11-8-5-2/h9,12,18,21,27,30,32,46,72H,4-8,10-11,13-17,19-20,22-26,28-29,31,33-45,47-71H2,1-3H3/b12-9-,21-18-,32-30-,46-27-. The summed E-state index contributed by atoms with van der Waals surface area (Å²) in [5.41, 5.74) is 0. The van der Waals surface area contributed by atoms with Crippen LogP contribution in [0.4, 0.5) is 0 Å². The maximum Gasteiger partial charge on any atom is 0.306 e. The minimum Gasteiger partial charge on any atom is -0.462 e. The molecule has 0 bridgehead atoms. The van der Waals surface area contributed by atoms with E-state index in [9.17, 15) is 14.4 Å². The molecule has 0 rings (SSSR count). The van der Waals surface area contributed by atoms with E-state index in [0.717, 1.165) is 96.3 Å². The molecule has 474 valence electrons. The molecular weight excluding hydrogens is 997 g/mol. The number of carbonyl (C=O) groups is 3. The Kier molecular flexibility index (Phi) is 67.6. The molecule has 0 aromatic rings. The zero-order chi connectivity index (χ0) is 58.5. The minimum absolute atomic E-state index is 0.0736. The molecule has 6 heteroatoms. The SMILES string of the molecule is CC/C=C\C/C=C\C/C=C\CCCCCCCC(=O)OCC(COC(=O)CCCCCCCCCCCCCCCCCCC/C=C\CCCCCCCCCC)OC(=O)CCCCCCCCCCCCCCCCCCCCC. The molecule has 0 saturated carbocycles. The van der Waals surface area contributed by atoms with E-state index in [1.165, 1.54) is 257 Å². The van der Waals surface area contributed by atoms with Crippen LogP contribution in [0.1, 0.15) is 393 Å². The van der Waals surface area contributed by atoms with Gasteiger partial charge in [-0.2, -0.15) is 0 Å². The van der Waals surface area contributed by atoms with Crippen LogP contribution in [0.2, 0.25) is 0 Å². The summed E-state index contributed by atoms with van der Waals surface area (Å²) in [7, 11) is 0. The van der Waals surface area contributed by atoms with Crippen LogP contribution >= 0.6 is 0 Å². The van der Waals surface area contributed by atoms with Gasteiger partial charge >= 0.3 is 17.9 Å². The molecule has 0 N–H and O–H groups in total. The van der Waals surface area contributed by atoms with Gasteiger partial charge in [-0.05, 0) is 77.0 Å². The second-order valence-electron chi connectivity index (χ2n) is 24.5. The molecule has 81 heavy (non-hydrogen) atoms. The summed E-state index contributed by atoms with van der Waals surface area (Å²) in [4.78, 5) is 38.4. The van der Waals surface area contributed by atoms with Gasteiger partial charge in [-0.3, -0.25) is 14.4 Å². The van der Waals surface area contributed by atoms with Gasteiger partial charge < -0.3 is 14.2 Å². The molecular formula is C75H138O6. The van der Waals surface area contributed by atoms with Crippen molar-refractivity contribution >= 4 is 17.9 Å². The largest absolute Gasteiger partial charge is 0.462 e. The van der Waals surface area contributed by atoms with Crippen molar-refractivity contribution in [3.05, 3.63) is 48.6 Å². The molecule has 1 atom stereocenters. The molecule has 6 nitrogen and oxygen atoms in total. The second-order valence-corrected chi connectivity index (χ2v) is 24.5. The summed E-state index contributed by atoms with van der Waals surface area (Å²) in [6, 6.07) is 0. The van der Waals surface area contributed by atoms with Crippen LogP contribution in [0, 0.1) is 0 Å². The Morgan fingerprint density at radius 2 is 0.481 bits per heavy atom. The molecule has 0 aromatic heterocycles. The Hall–Kier alpha value is -2.63. The van der Waals surface area contributed by atoms with Crippen LogP contribution in [0.25, 0.3) is 0 Å². The summed E-state index contributed by atoms with van der Waals surface area (Å²) in [5.74, 6) is -0.863. The fraction of sp³-hybridized carbons (Fsp3) is 0.853. The average molecular weight is 1140 g/mol. The average Bonchev–Trinajstić information content (AvgIpc) is 3.47. The van der Waals surface area contributed by atoms with E-state index < -0.39 is 6.10 Å². The molecule has 0 radical (unpaired) electrons. The third kappa shape index (κ3) is 68.0. The van der Waals surface area contributed by atoms with Crippen LogP contribution in [0.5, 0.6) is 0 Å². The van der Waals surface area contributed by atoms with Gasteiger partial charge in [-0.1, -0.05) is 345 Å². The van der Waals surface area contributed by atoms with Gasteiger partial charge in [0.25, 0.3) is 0 Å². The molecule has 0 spiro atoms. The number of allylic oxidation sites excluding steroid dienone is 8. The molecule has 0 aliphatic rings. The first-order valence-corrected chi connectivity index (χ1v) is 36.1. The van der Waals surface area contributed by atoms with Gasteiger partial charge in [0, 0.05) is 19.3 Å². The zero-order valence-electron chi connectivity index (χ0n) is 54.6. The van der Waals surface area contributed by atoms with E-state index in [1.54, 1.807) is 0 Å². The van der Waals surface area contributed by atoms with E-state index in [1.807, 2.05) is 0 Å². The van der Waals surface area contributed by atoms with Crippen molar-refractivity contribution in [2.45, 2.75) is 399 Å². The van der Waals surface area contributed by atoms with Crippen molar-refractivity contribution in [3.8, 4) is 0 Å². The fourth-order valence-corrected chi connectivity index (χ4v) is 10.9. The Morgan fingerprint density at radius 1 is 0.259 bits per heavy atom. The number of carbonyl (C=O) groups excluding carboxylic acids is 3. The van der Waals surface area contributed by atoms with Crippen LogP contribution < -0.4 is 0 Å². The summed E-state index contributed by atoms with van der Waals surface area (Å²) in [6.07, 6.45) is 88.7. The van der Waals surface area contributed by atoms with E-state index >= 15 is 0 Å². The number of hydrogen-bond acceptors (Lipinski definition) is 6. The monoisotopic (exact) mass is 1140 g/mol. The smallest absolute Gasteiger partial charge is 0.306 e. The molecule has 0 heterocycles. The fourth-order valence-electron chi connectivity index (χ4n) is 10.9. The van der Waals surface area contributed by atoms with Gasteiger partial charge in [0.1, 0.15) is 13.2 Å². The third-order valence-electron chi connectivity index (χ3n) is 16.3. The molecule has 0 saturated heterocycles. The molecule has 0 aromatic carbocycles. The molecule has 0 fully saturated rings. The Bertz CT molecular complexity index is 1400. The number of rotatable bonds is 67. The summed E-state index contributed by atoms with van der Waals surface area (Å²) >= 11 is 0. The topological polar surface area (TPSA) is 78.9 Å². The molecule has 1 unspecified atom stereocenters. The minimum atomic E-state index is -0.779. The first-order valence-electron chi connectivity index (χ1n) is 36.1. The second kappa shape index (κ2) is 69.9. The van der Waals surface area contributed by atoms with Gasteiger partial charge in [0.05, 0.1) is 0 Å². The van der Waals surface area contributed by atoms with Gasteiger partial charge in [-0.25, -0.2) is 0 Å². The van der Waals surface area contributed by atoms with Gasteiger partial charge in [0.15, 0.2) is 6.10 Å². The summed E-state index contributed by atoms with van der Waals surface area (Å²) in [6.45, 7) is 6.59. The maximum absolute atomic E-state index is 13.0. The lowest BCUT2D eigenvalue weighted by atomic mass is 10.0. The Morgan fingerprint density at radius 3 is 0.765 bits per heavy atom. The van der Waals surface area contributed by atoms with Crippen molar-refractivity contribution in [1.29, 1.82) is 0 Å². The highest BCUT2D eigenvalue weighted by atomic mass is 16.6. The highest BCUT2D eigenvalue weighted by Crippen LogP contribution is 2.19. The quantitative estimate of drug-likeness (QED) is 0.0261. The number of hydrogen-bond donors (Lipinski definition) is 0. The van der Waals surface area contributed by atoms with Crippen LogP contribution in [0.15, 0.2) is 48.6 Å². The van der Waals surface area contributed by atoms with Crippen LogP contribution in [-0.4, -0.2) is 37.2 Å². The van der Waals surface area contributed by atoms with E-state index in [-0.39, 0.29) is 31.1 Å². The first kappa shape index (κ1) is 78.4. The van der Waals surface area contributed by atoms with E-state index in [4.69, 9.17) is 14.2 Å². The Balaban J connectivity index is 4.22. The van der Waals surface area contributed by atoms with E-state index in [0.29, 0.717) is 19.3 Å². The lowest BCUT2D eigenvalue weighted by Gasteiger charge is -2.18. The Labute approximate surface area is 505 Å². The number of unbranched alkanes of at least 4 members (excludes halogenated alkanes) is 48. The van der Waals surface area contributed by atoms with Crippen LogP contribution in [0.3, 0.4) is 0 Å². The zero-order valence-corrected chi connectivity index (χ0v) is 54.6. The van der Waals surface area contributed by atoms with Crippen molar-refractivity contribution in [1.82, 2.24) is 0 Å². The van der Waals surface area contributed by atoms with Gasteiger partial charge in [0.2, 0.25) is 0 Å².